The van der Waals surface area contributed by atoms with E-state index in [0.717, 1.165) is 0 Å². The van der Waals surface area contributed by atoms with Crippen molar-refractivity contribution in [3.8, 4) is 0 Å². The smallest absolute Gasteiger partial charge is 2.00 e. The average Bonchev–Trinajstić information content (AvgIpc) is 0. The summed E-state index contributed by atoms with van der Waals surface area (Å²) >= 11 is 0. The Labute approximate surface area is 691 Å². The zero-order valence-corrected chi connectivity index (χ0v) is 63.8. The zero-order chi connectivity index (χ0) is 0. The normalized spacial score (nSPS) is 0. The van der Waals surface area contributed by atoms with Crippen LogP contribution in [0.4, 0.5) is 0 Å². The molecule has 0 spiro atoms. The molecule has 55 heteroatoms. The van der Waals surface area contributed by atoms with E-state index >= 15 is 0 Å². The van der Waals surface area contributed by atoms with Gasteiger partial charge in [0.25, 0.3) is 0 Å². The molecule has 0 N–H and O–H groups in total. The Morgan fingerprint density at radius 2 is 0.0364 bits per heavy atom. The van der Waals surface area contributed by atoms with E-state index in [0.29, 0.717) is 0 Å². The number of rotatable bonds is 0. The van der Waals surface area contributed by atoms with Crippen molar-refractivity contribution < 1.29 is 707 Å². The van der Waals surface area contributed by atoms with Crippen molar-refractivity contribution in [1.82, 2.24) is 0 Å². The van der Waals surface area contributed by atoms with Gasteiger partial charge < -0.3 is 164 Å². The molecule has 0 aromatic carbocycles. The maximum absolute atomic E-state index is 0. The average molecular weight is 1680 g/mol. The molecule has 0 radical (unpaired) electrons. The summed E-state index contributed by atoms with van der Waals surface area (Å²) in [6.45, 7) is 0. The van der Waals surface area contributed by atoms with Gasteiger partial charge in [-0.3, -0.25) is 0 Å². The summed E-state index contributed by atoms with van der Waals surface area (Å²) in [4.78, 5) is 0. The molecule has 0 saturated carbocycles. The van der Waals surface area contributed by atoms with Crippen LogP contribution in [0.2, 0.25) is 0 Å². The van der Waals surface area contributed by atoms with E-state index in [9.17, 15) is 0 Å². The van der Waals surface area contributed by atoms with Crippen molar-refractivity contribution in [2.24, 2.45) is 0 Å². The predicted octanol–water partition coefficient (Wildman–Crippen LogP) is -3.63. The molecular weight excluding hydrogens is 1680 g/mol. The summed E-state index contributed by atoms with van der Waals surface area (Å²) in [6.07, 6.45) is 0. The molecule has 0 saturated heterocycles. The third-order valence-electron chi connectivity index (χ3n) is 0. The van der Waals surface area contributed by atoms with Gasteiger partial charge in [-0.15, -0.1) is 0 Å². The Balaban J connectivity index is 0. The van der Waals surface area contributed by atoms with Gasteiger partial charge in [0, 0.05) is 0 Å². The minimum atomic E-state index is 0. The van der Waals surface area contributed by atoms with Gasteiger partial charge in [-0.2, -0.15) is 0 Å². The van der Waals surface area contributed by atoms with Crippen LogP contribution >= 0.6 is 0 Å². The molecule has 30 nitrogen and oxygen atoms in total. The molecule has 0 heterocycles. The first kappa shape index (κ1) is 1290. The fraction of sp³-hybridized carbons (Fsp3) is 0. The summed E-state index contributed by atoms with van der Waals surface area (Å²) in [5.41, 5.74) is 0. The monoisotopic (exact) mass is 1680 g/mol. The Morgan fingerprint density at radius 1 is 0.0364 bits per heavy atom. The predicted molar refractivity (Wildman–Crippen MR) is 20.6 cm³/mol. The van der Waals surface area contributed by atoms with Gasteiger partial charge in [0.15, 0.2) is 0 Å². The first-order chi connectivity index (χ1) is 0. The van der Waals surface area contributed by atoms with Gasteiger partial charge in [0.05, 0.1) is 0 Å². The molecule has 0 fully saturated rings. The first-order valence-corrected chi connectivity index (χ1v) is 0. The third kappa shape index (κ3) is 1200. The summed E-state index contributed by atoms with van der Waals surface area (Å²) < 4.78 is 0. The van der Waals surface area contributed by atoms with E-state index in [4.69, 9.17) is 0 Å². The Bertz CT molecular complexity index is 54.7. The van der Waals surface area contributed by atoms with Crippen LogP contribution < -0.4 is 0 Å². The summed E-state index contributed by atoms with van der Waals surface area (Å²) in [6, 6.07) is 0. The number of hydrogen-bond donors (Lipinski definition) is 0. The van der Waals surface area contributed by atoms with Crippen molar-refractivity contribution in [2.45, 2.75) is 0 Å². The van der Waals surface area contributed by atoms with Crippen LogP contribution in [0.15, 0.2) is 0 Å². The van der Waals surface area contributed by atoms with E-state index < -0.39 is 0 Å². The van der Waals surface area contributed by atoms with Crippen molar-refractivity contribution in [3.05, 3.63) is 0 Å². The van der Waals surface area contributed by atoms with Crippen LogP contribution in [0, 0.1) is 0 Å². The van der Waals surface area contributed by atoms with Gasteiger partial charge in [-0.1, -0.05) is 0 Å². The quantitative estimate of drug-likeness (QED) is 0.212. The second kappa shape index (κ2) is 1240. The van der Waals surface area contributed by atoms with E-state index in [2.05, 4.69) is 0 Å². The Hall–Kier alpha value is 16.7. The summed E-state index contributed by atoms with van der Waals surface area (Å²) in [5, 5.41) is 0. The molecule has 0 atom stereocenters. The van der Waals surface area contributed by atoms with Crippen molar-refractivity contribution in [2.75, 3.05) is 0 Å². The number of hydrogen-bond acceptors (Lipinski definition) is 0. The van der Waals surface area contributed by atoms with Gasteiger partial charge in [0.1, 0.15) is 0 Å². The molecule has 240 valence electrons. The summed E-state index contributed by atoms with van der Waals surface area (Å²) in [5.74, 6) is 0. The SMILES string of the molecule is [O-2].[O-2].[O-2].[O-2].[O-2].[O-2].[O-2].[O-2].[O-2].[O-2].[O-2].[O-2].[O-2].[O-2].[O-2].[O-2].[O-2].[O-2].[O-2].[O-2].[O-2].[O-2].[O-2].[O-2].[O-2].[O-2].[O-2].[O-2].[O-2].[O-2].[Ti+4].[Ti+4].[Ti+4].[Ti+4].[Ti+4].[Ti+4].[Ti+4].[Ti+4].[Ti+4].[Ti+4].[Ti+4].[Ti+4].[Ti+4].[Ti+4].[Ti+4].[Ti+4].[Ti+4].[Ti+4].[Ti+4].[Ti+4].[Ti+4].[Ti+4].[Ti+4].[Ti+4].[Ti+4]. The second-order valence-electron chi connectivity index (χ2n) is 0. The van der Waals surface area contributed by atoms with Gasteiger partial charge in [0.2, 0.25) is 0 Å². The van der Waals surface area contributed by atoms with Crippen LogP contribution in [-0.2, 0) is 707 Å². The minimum Gasteiger partial charge on any atom is -2.00 e. The molecular formula is O30Ti25+40. The van der Waals surface area contributed by atoms with Gasteiger partial charge in [-0.05, 0) is 0 Å². The Kier molecular flexibility index (Phi) is 29000. The maximum Gasteiger partial charge on any atom is 4.00 e. The van der Waals surface area contributed by atoms with Crippen molar-refractivity contribution in [3.63, 3.8) is 0 Å². The molecule has 0 aliphatic carbocycles. The topological polar surface area (TPSA) is 855 Å². The first-order valence-electron chi connectivity index (χ1n) is 0. The van der Waals surface area contributed by atoms with Crippen LogP contribution in [0.5, 0.6) is 0 Å². The fourth-order valence-electron chi connectivity index (χ4n) is 0. The van der Waals surface area contributed by atoms with Crippen LogP contribution in [0.25, 0.3) is 0 Å². The fourth-order valence-corrected chi connectivity index (χ4v) is 0. The van der Waals surface area contributed by atoms with Gasteiger partial charge in [-0.25, -0.2) is 0 Å². The van der Waals surface area contributed by atoms with Crippen LogP contribution in [0.3, 0.4) is 0 Å². The van der Waals surface area contributed by atoms with E-state index in [1.165, 1.54) is 0 Å². The Morgan fingerprint density at radius 3 is 0.0364 bits per heavy atom. The van der Waals surface area contributed by atoms with Crippen LogP contribution in [-0.4, -0.2) is 0 Å². The van der Waals surface area contributed by atoms with Crippen molar-refractivity contribution >= 4 is 0 Å². The molecule has 0 unspecified atom stereocenters. The molecule has 55 heavy (non-hydrogen) atoms. The molecule has 0 aliphatic heterocycles. The molecule has 0 rings (SSSR count). The second-order valence-corrected chi connectivity index (χ2v) is 0. The maximum atomic E-state index is 0. The largest absolute Gasteiger partial charge is 4.00 e. The molecule has 0 aliphatic rings. The standard InChI is InChI=1S/30O.25Ti/q30*-2;25*+4. The van der Waals surface area contributed by atoms with E-state index in [-0.39, 0.29) is 707 Å². The third-order valence-corrected chi connectivity index (χ3v) is 0. The molecule has 0 aromatic rings. The van der Waals surface area contributed by atoms with E-state index in [1.807, 2.05) is 0 Å². The summed E-state index contributed by atoms with van der Waals surface area (Å²) in [7, 11) is 0. The van der Waals surface area contributed by atoms with Gasteiger partial charge >= 0.3 is 543 Å². The minimum absolute atomic E-state index is 0. The van der Waals surface area contributed by atoms with E-state index in [1.54, 1.807) is 0 Å². The molecule has 0 aromatic heterocycles. The molecule has 0 bridgehead atoms. The van der Waals surface area contributed by atoms with Crippen LogP contribution in [0.1, 0.15) is 0 Å². The molecule has 0 amide bonds. The van der Waals surface area contributed by atoms with Crippen molar-refractivity contribution in [1.29, 1.82) is 0 Å². The zero-order valence-electron chi connectivity index (χ0n) is 24.7.